The Bertz CT molecular complexity index is 2170. The van der Waals surface area contributed by atoms with Crippen LogP contribution < -0.4 is 16.4 Å². The van der Waals surface area contributed by atoms with Gasteiger partial charge in [-0.2, -0.15) is 0 Å². The van der Waals surface area contributed by atoms with Crippen LogP contribution in [0.25, 0.3) is 43.9 Å². The zero-order valence-corrected chi connectivity index (χ0v) is 26.8. The number of hydrogen-bond acceptors (Lipinski definition) is 4. The standard InChI is InChI=1S/C38H31BO2S2/c1-37(2,3)22-12-7-10-20-30-26(40-33(20)22)18-16-24-35(30)42-28-14-9-15-29-32(28)39(24)25-17-19-27-31(36(25)43-29)21-11-8-13-23(34(21)41-27)38(4,5)6/h7-19H,1-6H3. The van der Waals surface area contributed by atoms with Crippen molar-refractivity contribution in [3.05, 3.63) is 90.0 Å². The minimum Gasteiger partial charge on any atom is -0.456 e. The molecule has 0 atom stereocenters. The normalized spacial score (nSPS) is 14.5. The van der Waals surface area contributed by atoms with Crippen molar-refractivity contribution in [1.29, 1.82) is 0 Å². The smallest absolute Gasteiger partial charge is 0.247 e. The summed E-state index contributed by atoms with van der Waals surface area (Å²) in [6, 6.07) is 29.2. The van der Waals surface area contributed by atoms with E-state index >= 15 is 0 Å². The van der Waals surface area contributed by atoms with Gasteiger partial charge in [0.1, 0.15) is 22.3 Å². The fourth-order valence-corrected chi connectivity index (χ4v) is 10.00. The van der Waals surface area contributed by atoms with Crippen LogP contribution in [0.3, 0.4) is 0 Å². The van der Waals surface area contributed by atoms with Crippen LogP contribution >= 0.6 is 23.5 Å². The first-order valence-corrected chi connectivity index (χ1v) is 16.7. The predicted molar refractivity (Wildman–Crippen MR) is 184 cm³/mol. The van der Waals surface area contributed by atoms with E-state index in [1.54, 1.807) is 0 Å². The maximum atomic E-state index is 6.64. The van der Waals surface area contributed by atoms with E-state index in [4.69, 9.17) is 8.83 Å². The fraction of sp³-hybridized carbons (Fsp3) is 0.211. The van der Waals surface area contributed by atoms with Crippen LogP contribution in [0, 0.1) is 0 Å². The second-order valence-electron chi connectivity index (χ2n) is 14.1. The lowest BCUT2D eigenvalue weighted by Gasteiger charge is -2.33. The van der Waals surface area contributed by atoms with Crippen molar-refractivity contribution in [2.75, 3.05) is 0 Å². The second-order valence-corrected chi connectivity index (χ2v) is 16.2. The Hall–Kier alpha value is -3.54. The van der Waals surface area contributed by atoms with Crippen molar-refractivity contribution in [3.63, 3.8) is 0 Å². The quantitative estimate of drug-likeness (QED) is 0.163. The molecule has 9 rings (SSSR count). The van der Waals surface area contributed by atoms with Gasteiger partial charge in [0, 0.05) is 52.3 Å². The Balaban J connectivity index is 1.35. The van der Waals surface area contributed by atoms with E-state index in [1.165, 1.54) is 68.6 Å². The first-order chi connectivity index (χ1) is 20.6. The molecule has 0 spiro atoms. The van der Waals surface area contributed by atoms with Gasteiger partial charge in [0.2, 0.25) is 6.71 Å². The molecule has 43 heavy (non-hydrogen) atoms. The van der Waals surface area contributed by atoms with E-state index in [0.29, 0.717) is 0 Å². The van der Waals surface area contributed by atoms with E-state index < -0.39 is 0 Å². The van der Waals surface area contributed by atoms with Crippen molar-refractivity contribution in [1.82, 2.24) is 0 Å². The number of rotatable bonds is 0. The average Bonchev–Trinajstić information content (AvgIpc) is 3.54. The van der Waals surface area contributed by atoms with Gasteiger partial charge >= 0.3 is 0 Å². The molecule has 0 radical (unpaired) electrons. The highest BCUT2D eigenvalue weighted by atomic mass is 32.2. The van der Waals surface area contributed by atoms with Gasteiger partial charge in [-0.1, -0.05) is 131 Å². The van der Waals surface area contributed by atoms with Gasteiger partial charge in [0.05, 0.1) is 0 Å². The van der Waals surface area contributed by atoms with Crippen LogP contribution in [0.15, 0.2) is 107 Å². The largest absolute Gasteiger partial charge is 0.456 e. The molecule has 2 aliphatic heterocycles. The van der Waals surface area contributed by atoms with E-state index in [0.717, 1.165) is 22.3 Å². The maximum absolute atomic E-state index is 6.64. The number of benzene rings is 5. The summed E-state index contributed by atoms with van der Waals surface area (Å²) in [7, 11) is 0. The Kier molecular flexibility index (Phi) is 5.15. The first-order valence-electron chi connectivity index (χ1n) is 15.1. The second kappa shape index (κ2) is 8.55. The van der Waals surface area contributed by atoms with Crippen LogP contribution in [0.1, 0.15) is 52.7 Å². The highest BCUT2D eigenvalue weighted by molar-refractivity contribution is 8.01. The van der Waals surface area contributed by atoms with Gasteiger partial charge in [0.15, 0.2) is 0 Å². The van der Waals surface area contributed by atoms with Crippen molar-refractivity contribution < 1.29 is 8.83 Å². The molecule has 5 aromatic carbocycles. The highest BCUT2D eigenvalue weighted by Crippen LogP contribution is 2.47. The number of para-hydroxylation sites is 2. The average molecular weight is 595 g/mol. The minimum absolute atomic E-state index is 0.00673. The molecule has 210 valence electrons. The molecule has 0 saturated heterocycles. The summed E-state index contributed by atoms with van der Waals surface area (Å²) in [6.45, 7) is 13.7. The van der Waals surface area contributed by atoms with Gasteiger partial charge in [0.25, 0.3) is 0 Å². The van der Waals surface area contributed by atoms with Gasteiger partial charge in [-0.15, -0.1) is 0 Å². The zero-order valence-electron chi connectivity index (χ0n) is 25.2. The summed E-state index contributed by atoms with van der Waals surface area (Å²) in [5, 5.41) is 4.90. The Morgan fingerprint density at radius 3 is 1.42 bits per heavy atom. The number of hydrogen-bond donors (Lipinski definition) is 0. The molecule has 5 heteroatoms. The molecule has 0 amide bonds. The molecule has 0 bridgehead atoms. The van der Waals surface area contributed by atoms with Gasteiger partial charge in [-0.3, -0.25) is 0 Å². The van der Waals surface area contributed by atoms with E-state index in [1.807, 2.05) is 23.5 Å². The molecule has 2 nitrogen and oxygen atoms in total. The zero-order chi connectivity index (χ0) is 29.4. The van der Waals surface area contributed by atoms with Crippen molar-refractivity contribution in [2.24, 2.45) is 0 Å². The lowest BCUT2D eigenvalue weighted by Crippen LogP contribution is -2.58. The first kappa shape index (κ1) is 25.9. The Morgan fingerprint density at radius 2 is 0.977 bits per heavy atom. The van der Waals surface area contributed by atoms with Crippen LogP contribution in [0.4, 0.5) is 0 Å². The molecule has 0 aliphatic carbocycles. The third-order valence-electron chi connectivity index (χ3n) is 9.27. The third kappa shape index (κ3) is 3.52. The Morgan fingerprint density at radius 1 is 0.535 bits per heavy atom. The van der Waals surface area contributed by atoms with Gasteiger partial charge < -0.3 is 8.83 Å². The van der Waals surface area contributed by atoms with Crippen molar-refractivity contribution in [3.8, 4) is 0 Å². The molecule has 0 N–H and O–H groups in total. The summed E-state index contributed by atoms with van der Waals surface area (Å²) in [4.78, 5) is 5.33. The van der Waals surface area contributed by atoms with Crippen LogP contribution in [0.5, 0.6) is 0 Å². The lowest BCUT2D eigenvalue weighted by atomic mass is 9.36. The predicted octanol–water partition coefficient (Wildman–Crippen LogP) is 9.53. The highest BCUT2D eigenvalue weighted by Gasteiger charge is 2.40. The van der Waals surface area contributed by atoms with Crippen LogP contribution in [-0.4, -0.2) is 6.71 Å². The van der Waals surface area contributed by atoms with Crippen molar-refractivity contribution >= 4 is 90.5 Å². The summed E-state index contributed by atoms with van der Waals surface area (Å²) < 4.78 is 13.3. The molecular weight excluding hydrogens is 563 g/mol. The van der Waals surface area contributed by atoms with Gasteiger partial charge in [-0.25, -0.2) is 0 Å². The number of furan rings is 2. The lowest BCUT2D eigenvalue weighted by molar-refractivity contribution is 0.572. The summed E-state index contributed by atoms with van der Waals surface area (Å²) in [5.74, 6) is 0. The molecule has 0 fully saturated rings. The van der Waals surface area contributed by atoms with E-state index in [-0.39, 0.29) is 17.5 Å². The molecule has 7 aromatic rings. The molecule has 0 saturated carbocycles. The fourth-order valence-electron chi connectivity index (χ4n) is 7.29. The molecule has 2 aliphatic rings. The summed E-state index contributed by atoms with van der Waals surface area (Å²) >= 11 is 3.81. The summed E-state index contributed by atoms with van der Waals surface area (Å²) in [5.41, 5.74) is 10.6. The molecule has 2 aromatic heterocycles. The Labute approximate surface area is 260 Å². The summed E-state index contributed by atoms with van der Waals surface area (Å²) in [6.07, 6.45) is 0. The monoisotopic (exact) mass is 594 g/mol. The van der Waals surface area contributed by atoms with Gasteiger partial charge in [-0.05, 0) is 40.6 Å². The van der Waals surface area contributed by atoms with Crippen LogP contribution in [-0.2, 0) is 10.8 Å². The van der Waals surface area contributed by atoms with E-state index in [9.17, 15) is 0 Å². The van der Waals surface area contributed by atoms with Crippen LogP contribution in [0.2, 0.25) is 0 Å². The molecule has 0 unspecified atom stereocenters. The molecular formula is C38H31BO2S2. The van der Waals surface area contributed by atoms with Crippen molar-refractivity contribution in [2.45, 2.75) is 72.0 Å². The van der Waals surface area contributed by atoms with E-state index in [2.05, 4.69) is 120 Å². The maximum Gasteiger partial charge on any atom is 0.247 e. The molecule has 4 heterocycles. The topological polar surface area (TPSA) is 26.3 Å². The SMILES string of the molecule is CC(C)(C)c1cccc2c1oc1ccc3c(c12)Sc1cccc2c1B3c1ccc3oc4c(C(C)(C)C)cccc4c3c1S2. The minimum atomic E-state index is -0.00673. The number of fused-ring (bicyclic) bond motifs is 12. The third-order valence-corrected chi connectivity index (χ3v) is 11.7.